The molecule has 1 aromatic carbocycles. The summed E-state index contributed by atoms with van der Waals surface area (Å²) in [6.45, 7) is 1.14. The molecule has 8 heteroatoms. The van der Waals surface area contributed by atoms with Crippen LogP contribution in [0.25, 0.3) is 0 Å². The minimum Gasteiger partial charge on any atom is -0.497 e. The van der Waals surface area contributed by atoms with Gasteiger partial charge in [-0.2, -0.15) is 0 Å². The highest BCUT2D eigenvalue weighted by Crippen LogP contribution is 2.34. The van der Waals surface area contributed by atoms with Crippen molar-refractivity contribution in [2.45, 2.75) is 18.9 Å². The first-order valence-electron chi connectivity index (χ1n) is 7.94. The maximum absolute atomic E-state index is 12.3. The minimum atomic E-state index is -1.03. The molecule has 2 N–H and O–H groups in total. The number of carbonyl (C=O) groups is 2. The number of aromatic nitrogens is 1. The standard InChI is InChI=1S/C17H19N3O4S/c1-24-12-4-2-3-11(9-12)14-6-8-20(14)17(23)18-7-5-15-19-13(10-25-15)16(21)22/h2-4,9-10,14H,5-8H2,1H3,(H,18,23)(H,21,22)/t14-/m1/s1. The molecule has 1 aliphatic heterocycles. The molecule has 0 aliphatic carbocycles. The van der Waals surface area contributed by atoms with Crippen LogP contribution in [0.4, 0.5) is 4.79 Å². The van der Waals surface area contributed by atoms with Crippen molar-refractivity contribution in [1.82, 2.24) is 15.2 Å². The van der Waals surface area contributed by atoms with Gasteiger partial charge in [0, 0.05) is 24.9 Å². The summed E-state index contributed by atoms with van der Waals surface area (Å²) in [5, 5.41) is 13.9. The lowest BCUT2D eigenvalue weighted by Gasteiger charge is -2.41. The van der Waals surface area contributed by atoms with E-state index in [1.54, 1.807) is 12.0 Å². The Bertz CT molecular complexity index is 777. The predicted molar refractivity (Wildman–Crippen MR) is 93.2 cm³/mol. The van der Waals surface area contributed by atoms with Crippen molar-refractivity contribution in [1.29, 1.82) is 0 Å². The van der Waals surface area contributed by atoms with Crippen LogP contribution in [0.3, 0.4) is 0 Å². The van der Waals surface area contributed by atoms with Gasteiger partial charge in [-0.05, 0) is 24.1 Å². The van der Waals surface area contributed by atoms with Crippen LogP contribution in [0.15, 0.2) is 29.6 Å². The number of ether oxygens (including phenoxy) is 1. The highest BCUT2D eigenvalue weighted by molar-refractivity contribution is 7.09. The van der Waals surface area contributed by atoms with E-state index in [-0.39, 0.29) is 17.8 Å². The molecule has 1 aliphatic rings. The fourth-order valence-corrected chi connectivity index (χ4v) is 3.50. The van der Waals surface area contributed by atoms with Gasteiger partial charge in [0.1, 0.15) is 5.75 Å². The number of hydrogen-bond donors (Lipinski definition) is 2. The molecule has 2 amide bonds. The smallest absolute Gasteiger partial charge is 0.355 e. The van der Waals surface area contributed by atoms with E-state index < -0.39 is 5.97 Å². The van der Waals surface area contributed by atoms with Gasteiger partial charge in [0.2, 0.25) is 0 Å². The second-order valence-corrected chi connectivity index (χ2v) is 6.63. The fraction of sp³-hybridized carbons (Fsp3) is 0.353. The molecule has 132 valence electrons. The van der Waals surface area contributed by atoms with Gasteiger partial charge in [-0.15, -0.1) is 11.3 Å². The van der Waals surface area contributed by atoms with Crippen molar-refractivity contribution in [3.8, 4) is 5.75 Å². The number of rotatable bonds is 6. The number of carbonyl (C=O) groups excluding carboxylic acids is 1. The van der Waals surface area contributed by atoms with E-state index in [2.05, 4.69) is 10.3 Å². The van der Waals surface area contributed by atoms with Gasteiger partial charge >= 0.3 is 12.0 Å². The molecule has 2 heterocycles. The Kier molecular flexibility index (Phi) is 5.18. The molecule has 0 bridgehead atoms. The monoisotopic (exact) mass is 361 g/mol. The van der Waals surface area contributed by atoms with Gasteiger partial charge in [0.05, 0.1) is 18.2 Å². The number of benzene rings is 1. The third-order valence-corrected chi connectivity index (χ3v) is 5.05. The number of nitrogens with zero attached hydrogens (tertiary/aromatic N) is 2. The van der Waals surface area contributed by atoms with E-state index in [0.29, 0.717) is 24.5 Å². The van der Waals surface area contributed by atoms with Crippen LogP contribution in [0.1, 0.15) is 33.5 Å². The lowest BCUT2D eigenvalue weighted by atomic mass is 9.95. The summed E-state index contributed by atoms with van der Waals surface area (Å²) >= 11 is 1.29. The number of likely N-dealkylation sites (tertiary alicyclic amines) is 1. The fourth-order valence-electron chi connectivity index (χ4n) is 2.73. The zero-order chi connectivity index (χ0) is 17.8. The number of amides is 2. The van der Waals surface area contributed by atoms with Crippen molar-refractivity contribution in [2.24, 2.45) is 0 Å². The van der Waals surface area contributed by atoms with Gasteiger partial charge < -0.3 is 20.1 Å². The lowest BCUT2D eigenvalue weighted by Crippen LogP contribution is -2.50. The number of hydrogen-bond acceptors (Lipinski definition) is 5. The molecular weight excluding hydrogens is 342 g/mol. The first-order valence-corrected chi connectivity index (χ1v) is 8.82. The summed E-state index contributed by atoms with van der Waals surface area (Å²) in [5.41, 5.74) is 1.11. The highest BCUT2D eigenvalue weighted by atomic mass is 32.1. The van der Waals surface area contributed by atoms with Crippen LogP contribution in [-0.4, -0.2) is 47.2 Å². The zero-order valence-electron chi connectivity index (χ0n) is 13.8. The highest BCUT2D eigenvalue weighted by Gasteiger charge is 2.33. The number of methoxy groups -OCH3 is 1. The Balaban J connectivity index is 1.51. The Labute approximate surface area is 149 Å². The Morgan fingerprint density at radius 3 is 2.96 bits per heavy atom. The summed E-state index contributed by atoms with van der Waals surface area (Å²) in [6, 6.07) is 7.70. The number of carboxylic acid groups (broad SMARTS) is 1. The van der Waals surface area contributed by atoms with Gasteiger partial charge in [-0.1, -0.05) is 12.1 Å². The van der Waals surface area contributed by atoms with E-state index in [4.69, 9.17) is 9.84 Å². The summed E-state index contributed by atoms with van der Waals surface area (Å²) < 4.78 is 5.24. The second kappa shape index (κ2) is 7.52. The number of urea groups is 1. The van der Waals surface area contributed by atoms with E-state index in [0.717, 1.165) is 17.7 Å². The average Bonchev–Trinajstić information content (AvgIpc) is 3.03. The Morgan fingerprint density at radius 2 is 2.32 bits per heavy atom. The molecule has 1 atom stereocenters. The third kappa shape index (κ3) is 3.90. The summed E-state index contributed by atoms with van der Waals surface area (Å²) in [7, 11) is 1.62. The van der Waals surface area contributed by atoms with Crippen molar-refractivity contribution >= 4 is 23.3 Å². The van der Waals surface area contributed by atoms with E-state index in [1.807, 2.05) is 24.3 Å². The van der Waals surface area contributed by atoms with Crippen LogP contribution in [0.5, 0.6) is 5.75 Å². The first-order chi connectivity index (χ1) is 12.1. The van der Waals surface area contributed by atoms with Crippen molar-refractivity contribution < 1.29 is 19.4 Å². The molecule has 25 heavy (non-hydrogen) atoms. The van der Waals surface area contributed by atoms with Crippen molar-refractivity contribution in [2.75, 3.05) is 20.2 Å². The van der Waals surface area contributed by atoms with Crippen molar-refractivity contribution in [3.63, 3.8) is 0 Å². The number of aromatic carboxylic acids is 1. The Hall–Kier alpha value is -2.61. The van der Waals surface area contributed by atoms with E-state index in [1.165, 1.54) is 16.7 Å². The topological polar surface area (TPSA) is 91.8 Å². The normalized spacial score (nSPS) is 16.2. The molecule has 3 rings (SSSR count). The maximum Gasteiger partial charge on any atom is 0.355 e. The van der Waals surface area contributed by atoms with Gasteiger partial charge in [-0.25, -0.2) is 14.6 Å². The van der Waals surface area contributed by atoms with Gasteiger partial charge in [-0.3, -0.25) is 0 Å². The van der Waals surface area contributed by atoms with Crippen LogP contribution in [0, 0.1) is 0 Å². The van der Waals surface area contributed by atoms with Crippen molar-refractivity contribution in [3.05, 3.63) is 45.9 Å². The average molecular weight is 361 g/mol. The van der Waals surface area contributed by atoms with Gasteiger partial charge in [0.25, 0.3) is 0 Å². The SMILES string of the molecule is COc1cccc([C@H]2CCN2C(=O)NCCc2nc(C(=O)O)cs2)c1. The molecule has 2 aromatic rings. The van der Waals surface area contributed by atoms with E-state index >= 15 is 0 Å². The van der Waals surface area contributed by atoms with Crippen LogP contribution < -0.4 is 10.1 Å². The molecule has 0 spiro atoms. The molecule has 1 fully saturated rings. The summed E-state index contributed by atoms with van der Waals surface area (Å²) in [4.78, 5) is 28.9. The van der Waals surface area contributed by atoms with Crippen LogP contribution in [0.2, 0.25) is 0 Å². The molecule has 0 unspecified atom stereocenters. The quantitative estimate of drug-likeness (QED) is 0.825. The second-order valence-electron chi connectivity index (χ2n) is 5.69. The molecule has 1 saturated heterocycles. The summed E-state index contributed by atoms with van der Waals surface area (Å²) in [5.74, 6) is -0.254. The summed E-state index contributed by atoms with van der Waals surface area (Å²) in [6.07, 6.45) is 1.44. The number of carboxylic acids is 1. The maximum atomic E-state index is 12.3. The molecule has 1 aromatic heterocycles. The van der Waals surface area contributed by atoms with Crippen LogP contribution in [-0.2, 0) is 6.42 Å². The predicted octanol–water partition coefficient (Wildman–Crippen LogP) is 2.55. The molecular formula is C17H19N3O4S. The largest absolute Gasteiger partial charge is 0.497 e. The molecule has 0 radical (unpaired) electrons. The third-order valence-electron chi connectivity index (χ3n) is 4.15. The molecule has 0 saturated carbocycles. The number of nitrogens with one attached hydrogen (secondary N) is 1. The molecule has 7 nitrogen and oxygen atoms in total. The van der Waals surface area contributed by atoms with Gasteiger partial charge in [0.15, 0.2) is 5.69 Å². The Morgan fingerprint density at radius 1 is 1.48 bits per heavy atom. The lowest BCUT2D eigenvalue weighted by molar-refractivity contribution is 0.0691. The number of thiazole rings is 1. The first kappa shape index (κ1) is 17.2. The van der Waals surface area contributed by atoms with E-state index in [9.17, 15) is 9.59 Å². The van der Waals surface area contributed by atoms with Crippen LogP contribution >= 0.6 is 11.3 Å². The minimum absolute atomic E-state index is 0.0483. The zero-order valence-corrected chi connectivity index (χ0v) is 14.6.